The number of aliphatic hydroxyl groups excluding tert-OH is 1. The van der Waals surface area contributed by atoms with Gasteiger partial charge in [0.25, 0.3) is 5.56 Å². The van der Waals surface area contributed by atoms with E-state index in [2.05, 4.69) is 4.98 Å². The number of likely N-dealkylation sites (N-methyl/N-ethyl adjacent to an activating group) is 1. The molecular formula is C9H13ClN2O4S. The fraction of sp³-hybridized carbons (Fsp3) is 0.444. The topological polar surface area (TPSA) is 90.5 Å². The van der Waals surface area contributed by atoms with Crippen molar-refractivity contribution in [3.8, 4) is 0 Å². The zero-order valence-electron chi connectivity index (χ0n) is 9.18. The van der Waals surface area contributed by atoms with Gasteiger partial charge in [0.2, 0.25) is 10.0 Å². The van der Waals surface area contributed by atoms with Gasteiger partial charge in [0, 0.05) is 19.3 Å². The molecule has 96 valence electrons. The summed E-state index contributed by atoms with van der Waals surface area (Å²) in [5, 5.41) is 8.60. The molecule has 2 N–H and O–H groups in total. The third-order valence-electron chi connectivity index (χ3n) is 2.17. The Labute approximate surface area is 104 Å². The molecule has 1 aromatic heterocycles. The number of halogens is 1. The number of hydrogen-bond acceptors (Lipinski definition) is 4. The van der Waals surface area contributed by atoms with E-state index in [0.717, 1.165) is 16.6 Å². The minimum atomic E-state index is -3.73. The summed E-state index contributed by atoms with van der Waals surface area (Å²) in [5.74, 6) is 0. The van der Waals surface area contributed by atoms with Crippen LogP contribution in [0.15, 0.2) is 22.0 Å². The third-order valence-corrected chi connectivity index (χ3v) is 4.40. The van der Waals surface area contributed by atoms with E-state index in [-0.39, 0.29) is 29.6 Å². The lowest BCUT2D eigenvalue weighted by Crippen LogP contribution is -2.33. The van der Waals surface area contributed by atoms with Gasteiger partial charge in [0.1, 0.15) is 5.02 Å². The first-order chi connectivity index (χ1) is 7.93. The second-order valence-corrected chi connectivity index (χ2v) is 5.58. The first-order valence-electron chi connectivity index (χ1n) is 4.92. The van der Waals surface area contributed by atoms with Crippen LogP contribution in [0.3, 0.4) is 0 Å². The molecule has 0 aliphatic heterocycles. The molecule has 17 heavy (non-hydrogen) atoms. The molecular weight excluding hydrogens is 268 g/mol. The highest BCUT2D eigenvalue weighted by molar-refractivity contribution is 7.89. The van der Waals surface area contributed by atoms with Crippen LogP contribution >= 0.6 is 11.6 Å². The summed E-state index contributed by atoms with van der Waals surface area (Å²) in [5.41, 5.74) is -0.546. The number of aromatic nitrogens is 1. The van der Waals surface area contributed by atoms with Gasteiger partial charge in [-0.2, -0.15) is 4.31 Å². The van der Waals surface area contributed by atoms with Crippen molar-refractivity contribution in [3.63, 3.8) is 0 Å². The van der Waals surface area contributed by atoms with Gasteiger partial charge >= 0.3 is 0 Å². The van der Waals surface area contributed by atoms with Gasteiger partial charge in [-0.05, 0) is 6.07 Å². The molecule has 0 atom stereocenters. The van der Waals surface area contributed by atoms with Crippen molar-refractivity contribution in [2.45, 2.75) is 11.8 Å². The van der Waals surface area contributed by atoms with Crippen LogP contribution < -0.4 is 5.56 Å². The van der Waals surface area contributed by atoms with Crippen LogP contribution in [0.4, 0.5) is 0 Å². The Morgan fingerprint density at radius 2 is 2.18 bits per heavy atom. The summed E-state index contributed by atoms with van der Waals surface area (Å²) in [6, 6.07) is 1.09. The smallest absolute Gasteiger partial charge is 0.266 e. The molecule has 0 aliphatic carbocycles. The first-order valence-corrected chi connectivity index (χ1v) is 6.74. The normalized spacial score (nSPS) is 12.0. The summed E-state index contributed by atoms with van der Waals surface area (Å²) in [6.07, 6.45) is 1.09. The van der Waals surface area contributed by atoms with Gasteiger partial charge in [0.15, 0.2) is 0 Å². The van der Waals surface area contributed by atoms with Gasteiger partial charge in [-0.15, -0.1) is 0 Å². The molecule has 1 rings (SSSR count). The number of H-pyrrole nitrogens is 1. The van der Waals surface area contributed by atoms with Gasteiger partial charge in [0.05, 0.1) is 11.5 Å². The van der Waals surface area contributed by atoms with Crippen LogP contribution in [0.1, 0.15) is 6.92 Å². The highest BCUT2D eigenvalue weighted by atomic mass is 35.5. The minimum absolute atomic E-state index is 0.00439. The number of aromatic amines is 1. The second kappa shape index (κ2) is 5.63. The summed E-state index contributed by atoms with van der Waals surface area (Å²) < 4.78 is 25.2. The predicted molar refractivity (Wildman–Crippen MR) is 63.6 cm³/mol. The predicted octanol–water partition coefficient (Wildman–Crippen LogP) is 0.0312. The maximum atomic E-state index is 12.1. The quantitative estimate of drug-likeness (QED) is 0.796. The van der Waals surface area contributed by atoms with Crippen LogP contribution in [0.5, 0.6) is 0 Å². The highest BCUT2D eigenvalue weighted by Gasteiger charge is 2.23. The van der Waals surface area contributed by atoms with E-state index in [0.29, 0.717) is 0 Å². The van der Waals surface area contributed by atoms with Gasteiger partial charge in [-0.25, -0.2) is 8.42 Å². The van der Waals surface area contributed by atoms with Crippen LogP contribution in [-0.4, -0.2) is 42.5 Å². The van der Waals surface area contributed by atoms with Crippen molar-refractivity contribution < 1.29 is 13.5 Å². The largest absolute Gasteiger partial charge is 0.395 e. The molecule has 0 bridgehead atoms. The fourth-order valence-electron chi connectivity index (χ4n) is 1.30. The molecule has 0 saturated carbocycles. The molecule has 0 aromatic carbocycles. The average molecular weight is 281 g/mol. The van der Waals surface area contributed by atoms with E-state index < -0.39 is 15.6 Å². The molecule has 0 amide bonds. The molecule has 0 radical (unpaired) electrons. The zero-order chi connectivity index (χ0) is 13.1. The van der Waals surface area contributed by atoms with Crippen molar-refractivity contribution in [2.24, 2.45) is 0 Å². The van der Waals surface area contributed by atoms with Crippen molar-refractivity contribution in [1.29, 1.82) is 0 Å². The van der Waals surface area contributed by atoms with Crippen LogP contribution in [-0.2, 0) is 10.0 Å². The number of aliphatic hydroxyl groups is 1. The summed E-state index contributed by atoms with van der Waals surface area (Å²) >= 11 is 5.57. The van der Waals surface area contributed by atoms with E-state index >= 15 is 0 Å². The van der Waals surface area contributed by atoms with E-state index in [1.54, 1.807) is 6.92 Å². The van der Waals surface area contributed by atoms with Crippen molar-refractivity contribution in [2.75, 3.05) is 19.7 Å². The van der Waals surface area contributed by atoms with Gasteiger partial charge in [-0.1, -0.05) is 18.5 Å². The van der Waals surface area contributed by atoms with E-state index in [1.165, 1.54) is 0 Å². The average Bonchev–Trinajstić information content (AvgIpc) is 2.29. The summed E-state index contributed by atoms with van der Waals surface area (Å²) in [4.78, 5) is 13.2. The lowest BCUT2D eigenvalue weighted by atomic mass is 10.5. The van der Waals surface area contributed by atoms with Crippen LogP contribution in [0.25, 0.3) is 0 Å². The Morgan fingerprint density at radius 1 is 1.53 bits per heavy atom. The third kappa shape index (κ3) is 3.06. The van der Waals surface area contributed by atoms with E-state index in [4.69, 9.17) is 16.7 Å². The highest BCUT2D eigenvalue weighted by Crippen LogP contribution is 2.15. The van der Waals surface area contributed by atoms with E-state index in [9.17, 15) is 13.2 Å². The Kier molecular flexibility index (Phi) is 4.70. The number of hydrogen-bond donors (Lipinski definition) is 2. The Morgan fingerprint density at radius 3 is 2.65 bits per heavy atom. The molecule has 0 fully saturated rings. The maximum Gasteiger partial charge on any atom is 0.266 e. The van der Waals surface area contributed by atoms with Crippen molar-refractivity contribution >= 4 is 21.6 Å². The Balaban J connectivity index is 3.20. The second-order valence-electron chi connectivity index (χ2n) is 3.23. The minimum Gasteiger partial charge on any atom is -0.395 e. The summed E-state index contributed by atoms with van der Waals surface area (Å²) in [7, 11) is -3.73. The lowest BCUT2D eigenvalue weighted by Gasteiger charge is -2.19. The monoisotopic (exact) mass is 280 g/mol. The SMILES string of the molecule is CCN(CCO)S(=O)(=O)c1c[nH]c(=O)c(Cl)c1. The fourth-order valence-corrected chi connectivity index (χ4v) is 2.97. The molecule has 6 nitrogen and oxygen atoms in total. The molecule has 1 aromatic rings. The number of nitrogens with one attached hydrogen (secondary N) is 1. The van der Waals surface area contributed by atoms with Gasteiger partial charge in [-0.3, -0.25) is 4.79 Å². The summed E-state index contributed by atoms with van der Waals surface area (Å²) in [6.45, 7) is 1.60. The molecule has 1 heterocycles. The molecule has 0 aliphatic rings. The first kappa shape index (κ1) is 14.2. The standard InChI is InChI=1S/C9H13ClN2O4S/c1-2-12(3-4-13)17(15,16)7-5-8(10)9(14)11-6-7/h5-6,13H,2-4H2,1H3,(H,11,14). The number of pyridine rings is 1. The van der Waals surface area contributed by atoms with Crippen LogP contribution in [0.2, 0.25) is 5.02 Å². The Bertz CT molecular complexity index is 540. The molecule has 0 spiro atoms. The molecule has 0 saturated heterocycles. The maximum absolute atomic E-state index is 12.1. The van der Waals surface area contributed by atoms with Crippen molar-refractivity contribution in [3.05, 3.63) is 27.6 Å². The zero-order valence-corrected chi connectivity index (χ0v) is 10.8. The van der Waals surface area contributed by atoms with E-state index in [1.807, 2.05) is 0 Å². The lowest BCUT2D eigenvalue weighted by molar-refractivity contribution is 0.257. The molecule has 8 heteroatoms. The Hall–Kier alpha value is -0.890. The van der Waals surface area contributed by atoms with Crippen molar-refractivity contribution in [1.82, 2.24) is 9.29 Å². The van der Waals surface area contributed by atoms with Crippen LogP contribution in [0, 0.1) is 0 Å². The van der Waals surface area contributed by atoms with Gasteiger partial charge < -0.3 is 10.1 Å². The number of rotatable bonds is 5. The number of sulfonamides is 1. The molecule has 0 unspecified atom stereocenters. The number of nitrogens with zero attached hydrogens (tertiary/aromatic N) is 1.